The van der Waals surface area contributed by atoms with Gasteiger partial charge in [-0.15, -0.1) is 12.6 Å². The van der Waals surface area contributed by atoms with Gasteiger partial charge in [0.15, 0.2) is 0 Å². The molecule has 0 radical (unpaired) electrons. The van der Waals surface area contributed by atoms with Crippen LogP contribution in [0.25, 0.3) is 0 Å². The van der Waals surface area contributed by atoms with E-state index in [-0.39, 0.29) is 11.3 Å². The Labute approximate surface area is 128 Å². The van der Waals surface area contributed by atoms with Gasteiger partial charge in [0, 0.05) is 15.9 Å². The van der Waals surface area contributed by atoms with Gasteiger partial charge >= 0.3 is 0 Å². The molecule has 0 atom stereocenters. The molecule has 19 heavy (non-hydrogen) atoms. The van der Waals surface area contributed by atoms with Crippen molar-refractivity contribution in [2.24, 2.45) is 5.41 Å². The molecule has 4 heteroatoms. The van der Waals surface area contributed by atoms with Crippen molar-refractivity contribution in [1.82, 2.24) is 5.32 Å². The van der Waals surface area contributed by atoms with Crippen LogP contribution in [-0.2, 0) is 0 Å². The maximum Gasteiger partial charge on any atom is 0.252 e. The minimum absolute atomic E-state index is 0.0189. The van der Waals surface area contributed by atoms with Crippen molar-refractivity contribution in [1.29, 1.82) is 0 Å². The van der Waals surface area contributed by atoms with E-state index in [0.717, 1.165) is 15.9 Å². The van der Waals surface area contributed by atoms with E-state index in [1.54, 1.807) is 6.07 Å². The summed E-state index contributed by atoms with van der Waals surface area (Å²) in [5.74, 6) is -0.0189. The molecule has 0 heterocycles. The van der Waals surface area contributed by atoms with Crippen LogP contribution in [0.4, 0.5) is 0 Å². The molecule has 0 unspecified atom stereocenters. The highest BCUT2D eigenvalue weighted by molar-refractivity contribution is 9.10. The van der Waals surface area contributed by atoms with Gasteiger partial charge in [-0.05, 0) is 52.4 Å². The number of thiol groups is 1. The molecule has 1 fully saturated rings. The highest BCUT2D eigenvalue weighted by Crippen LogP contribution is 2.35. The van der Waals surface area contributed by atoms with Crippen molar-refractivity contribution in [2.45, 2.75) is 43.9 Å². The van der Waals surface area contributed by atoms with Crippen LogP contribution in [0.5, 0.6) is 0 Å². The number of carbonyl (C=O) groups is 1. The molecule has 0 aromatic heterocycles. The standard InChI is InChI=1S/C15H20BrNOS/c1-15(7-3-2-4-8-15)10-17-14(18)12-9-11(19)5-6-13(12)16/h5-6,9,19H,2-4,7-8,10H2,1H3,(H,17,18). The molecule has 1 N–H and O–H groups in total. The second kappa shape index (κ2) is 6.31. The molecule has 1 aromatic carbocycles. The van der Waals surface area contributed by atoms with Crippen LogP contribution in [0, 0.1) is 5.41 Å². The molecule has 0 aliphatic heterocycles. The minimum Gasteiger partial charge on any atom is -0.351 e. The van der Waals surface area contributed by atoms with Crippen molar-refractivity contribution < 1.29 is 4.79 Å². The monoisotopic (exact) mass is 341 g/mol. The lowest BCUT2D eigenvalue weighted by Crippen LogP contribution is -2.37. The number of hydrogen-bond acceptors (Lipinski definition) is 2. The van der Waals surface area contributed by atoms with E-state index in [1.165, 1.54) is 32.1 Å². The van der Waals surface area contributed by atoms with Crippen molar-refractivity contribution in [3.8, 4) is 0 Å². The number of carbonyl (C=O) groups excluding carboxylic acids is 1. The lowest BCUT2D eigenvalue weighted by molar-refractivity contribution is 0.0918. The average molecular weight is 342 g/mol. The number of nitrogens with one attached hydrogen (secondary N) is 1. The topological polar surface area (TPSA) is 29.1 Å². The number of benzene rings is 1. The summed E-state index contributed by atoms with van der Waals surface area (Å²) in [7, 11) is 0. The van der Waals surface area contributed by atoms with E-state index in [2.05, 4.69) is 40.8 Å². The maximum atomic E-state index is 12.2. The fourth-order valence-electron chi connectivity index (χ4n) is 2.66. The summed E-state index contributed by atoms with van der Waals surface area (Å²) in [6.07, 6.45) is 6.31. The first kappa shape index (κ1) is 14.9. The largest absolute Gasteiger partial charge is 0.351 e. The molecule has 1 aromatic rings. The van der Waals surface area contributed by atoms with E-state index in [4.69, 9.17) is 0 Å². The van der Waals surface area contributed by atoms with Crippen LogP contribution < -0.4 is 5.32 Å². The first-order chi connectivity index (χ1) is 9.00. The van der Waals surface area contributed by atoms with Crippen LogP contribution in [0.3, 0.4) is 0 Å². The maximum absolute atomic E-state index is 12.2. The predicted molar refractivity (Wildman–Crippen MR) is 84.9 cm³/mol. The smallest absolute Gasteiger partial charge is 0.252 e. The first-order valence-corrected chi connectivity index (χ1v) is 8.01. The number of hydrogen-bond donors (Lipinski definition) is 2. The van der Waals surface area contributed by atoms with Gasteiger partial charge in [0.2, 0.25) is 0 Å². The van der Waals surface area contributed by atoms with E-state index in [9.17, 15) is 4.79 Å². The van der Waals surface area contributed by atoms with Gasteiger partial charge in [0.25, 0.3) is 5.91 Å². The Morgan fingerprint density at radius 1 is 1.37 bits per heavy atom. The van der Waals surface area contributed by atoms with Gasteiger partial charge in [-0.3, -0.25) is 4.79 Å². The molecule has 2 rings (SSSR count). The van der Waals surface area contributed by atoms with E-state index in [1.807, 2.05) is 12.1 Å². The summed E-state index contributed by atoms with van der Waals surface area (Å²) in [5.41, 5.74) is 0.922. The zero-order valence-corrected chi connectivity index (χ0v) is 13.7. The SMILES string of the molecule is CC1(CNC(=O)c2cc(S)ccc2Br)CCCCC1. The zero-order valence-electron chi connectivity index (χ0n) is 11.2. The number of amides is 1. The normalized spacial score (nSPS) is 18.1. The van der Waals surface area contributed by atoms with Crippen LogP contribution in [0.1, 0.15) is 49.4 Å². The minimum atomic E-state index is -0.0189. The zero-order chi connectivity index (χ0) is 13.9. The van der Waals surface area contributed by atoms with Gasteiger partial charge in [-0.1, -0.05) is 26.2 Å². The summed E-state index contributed by atoms with van der Waals surface area (Å²) in [4.78, 5) is 13.0. The molecule has 1 aliphatic rings. The molecule has 0 saturated heterocycles. The average Bonchev–Trinajstić information content (AvgIpc) is 2.40. The Morgan fingerprint density at radius 2 is 2.05 bits per heavy atom. The second-order valence-electron chi connectivity index (χ2n) is 5.72. The summed E-state index contributed by atoms with van der Waals surface area (Å²) in [6, 6.07) is 5.53. The first-order valence-electron chi connectivity index (χ1n) is 6.77. The fraction of sp³-hybridized carbons (Fsp3) is 0.533. The molecule has 104 valence electrons. The molecule has 0 bridgehead atoms. The molecule has 0 spiro atoms. The summed E-state index contributed by atoms with van der Waals surface area (Å²) in [6.45, 7) is 3.03. The molecular weight excluding hydrogens is 322 g/mol. The van der Waals surface area contributed by atoms with Crippen molar-refractivity contribution in [2.75, 3.05) is 6.54 Å². The van der Waals surface area contributed by atoms with Crippen molar-refractivity contribution in [3.05, 3.63) is 28.2 Å². The number of rotatable bonds is 3. The summed E-state index contributed by atoms with van der Waals surface area (Å²) < 4.78 is 0.816. The van der Waals surface area contributed by atoms with Crippen molar-refractivity contribution >= 4 is 34.5 Å². The lowest BCUT2D eigenvalue weighted by atomic mass is 9.76. The van der Waals surface area contributed by atoms with Crippen LogP contribution in [-0.4, -0.2) is 12.5 Å². The molecular formula is C15H20BrNOS. The van der Waals surface area contributed by atoms with Gasteiger partial charge in [0.05, 0.1) is 5.56 Å². The highest BCUT2D eigenvalue weighted by Gasteiger charge is 2.27. The summed E-state index contributed by atoms with van der Waals surface area (Å²) in [5, 5.41) is 3.07. The summed E-state index contributed by atoms with van der Waals surface area (Å²) >= 11 is 7.70. The third-order valence-electron chi connectivity index (χ3n) is 3.93. The molecule has 2 nitrogen and oxygen atoms in total. The van der Waals surface area contributed by atoms with Crippen LogP contribution in [0.15, 0.2) is 27.6 Å². The Bertz CT molecular complexity index is 469. The van der Waals surface area contributed by atoms with Gasteiger partial charge in [-0.25, -0.2) is 0 Å². The van der Waals surface area contributed by atoms with Gasteiger partial charge in [0.1, 0.15) is 0 Å². The van der Waals surface area contributed by atoms with E-state index in [0.29, 0.717) is 5.56 Å². The predicted octanol–water partition coefficient (Wildman–Crippen LogP) is 4.44. The molecule has 1 aliphatic carbocycles. The Hall–Kier alpha value is -0.480. The third kappa shape index (κ3) is 3.99. The fourth-order valence-corrected chi connectivity index (χ4v) is 3.29. The lowest BCUT2D eigenvalue weighted by Gasteiger charge is -2.33. The van der Waals surface area contributed by atoms with Crippen LogP contribution >= 0.6 is 28.6 Å². The molecule has 1 saturated carbocycles. The Morgan fingerprint density at radius 3 is 2.74 bits per heavy atom. The second-order valence-corrected chi connectivity index (χ2v) is 7.09. The highest BCUT2D eigenvalue weighted by atomic mass is 79.9. The van der Waals surface area contributed by atoms with Crippen molar-refractivity contribution in [3.63, 3.8) is 0 Å². The Kier molecular flexibility index (Phi) is 4.96. The quantitative estimate of drug-likeness (QED) is 0.782. The third-order valence-corrected chi connectivity index (χ3v) is 4.90. The van der Waals surface area contributed by atoms with Crippen LogP contribution in [0.2, 0.25) is 0 Å². The van der Waals surface area contributed by atoms with E-state index < -0.39 is 0 Å². The van der Waals surface area contributed by atoms with E-state index >= 15 is 0 Å². The van der Waals surface area contributed by atoms with Gasteiger partial charge < -0.3 is 5.32 Å². The Balaban J connectivity index is 1.99. The van der Waals surface area contributed by atoms with Gasteiger partial charge in [-0.2, -0.15) is 0 Å². The molecule has 1 amide bonds. The number of halogens is 1.